The van der Waals surface area contributed by atoms with Gasteiger partial charge in [-0.15, -0.1) is 0 Å². The summed E-state index contributed by atoms with van der Waals surface area (Å²) in [4.78, 5) is 0. The van der Waals surface area contributed by atoms with Crippen LogP contribution in [0.25, 0.3) is 0 Å². The van der Waals surface area contributed by atoms with Crippen LogP contribution in [0.4, 0.5) is 0 Å². The van der Waals surface area contributed by atoms with Crippen molar-refractivity contribution in [3.8, 4) is 0 Å². The standard InChI is InChI=1S/C13H26N2S/c1-4-10(2)9-11(3)14-13(16)15-12-7-5-6-8-12/h10-12H,4-9H2,1-3H3,(H2,14,15,16). The van der Waals surface area contributed by atoms with Gasteiger partial charge in [0, 0.05) is 12.1 Å². The average molecular weight is 242 g/mol. The van der Waals surface area contributed by atoms with Gasteiger partial charge in [-0.1, -0.05) is 33.1 Å². The largest absolute Gasteiger partial charge is 0.360 e. The molecule has 0 radical (unpaired) electrons. The maximum Gasteiger partial charge on any atom is 0.166 e. The number of rotatable bonds is 5. The zero-order valence-electron chi connectivity index (χ0n) is 10.9. The van der Waals surface area contributed by atoms with Crippen LogP contribution in [0.15, 0.2) is 0 Å². The Morgan fingerprint density at radius 1 is 1.31 bits per heavy atom. The number of thiocarbonyl (C=S) groups is 1. The van der Waals surface area contributed by atoms with Crippen molar-refractivity contribution in [2.45, 2.75) is 71.4 Å². The second kappa shape index (κ2) is 7.10. The maximum absolute atomic E-state index is 5.33. The highest BCUT2D eigenvalue weighted by atomic mass is 32.1. The lowest BCUT2D eigenvalue weighted by Gasteiger charge is -2.21. The van der Waals surface area contributed by atoms with Gasteiger partial charge >= 0.3 is 0 Å². The van der Waals surface area contributed by atoms with E-state index in [1.807, 2.05) is 0 Å². The highest BCUT2D eigenvalue weighted by Gasteiger charge is 2.16. The van der Waals surface area contributed by atoms with E-state index in [1.54, 1.807) is 0 Å². The minimum absolute atomic E-state index is 0.483. The molecule has 1 aliphatic rings. The first-order valence-electron chi connectivity index (χ1n) is 6.68. The first-order valence-corrected chi connectivity index (χ1v) is 7.09. The predicted molar refractivity (Wildman–Crippen MR) is 74.7 cm³/mol. The summed E-state index contributed by atoms with van der Waals surface area (Å²) in [5, 5.41) is 7.66. The second-order valence-electron chi connectivity index (χ2n) is 5.25. The Morgan fingerprint density at radius 3 is 2.50 bits per heavy atom. The molecule has 0 spiro atoms. The summed E-state index contributed by atoms with van der Waals surface area (Å²) in [5.41, 5.74) is 0. The molecule has 2 nitrogen and oxygen atoms in total. The summed E-state index contributed by atoms with van der Waals surface area (Å²) < 4.78 is 0. The third-order valence-corrected chi connectivity index (χ3v) is 3.76. The molecule has 1 aliphatic carbocycles. The van der Waals surface area contributed by atoms with Gasteiger partial charge in [0.2, 0.25) is 0 Å². The smallest absolute Gasteiger partial charge is 0.166 e. The Bertz CT molecular complexity index is 212. The topological polar surface area (TPSA) is 24.1 Å². The van der Waals surface area contributed by atoms with E-state index in [1.165, 1.54) is 38.5 Å². The average Bonchev–Trinajstić information content (AvgIpc) is 2.69. The van der Waals surface area contributed by atoms with Gasteiger partial charge in [0.25, 0.3) is 0 Å². The molecule has 0 saturated heterocycles. The lowest BCUT2D eigenvalue weighted by molar-refractivity contribution is 0.445. The summed E-state index contributed by atoms with van der Waals surface area (Å²) in [6.45, 7) is 6.76. The van der Waals surface area contributed by atoms with E-state index >= 15 is 0 Å². The molecular formula is C13H26N2S. The first kappa shape index (κ1) is 13.8. The fourth-order valence-electron chi connectivity index (χ4n) is 2.35. The molecular weight excluding hydrogens is 216 g/mol. The molecule has 1 fully saturated rings. The molecule has 0 heterocycles. The lowest BCUT2D eigenvalue weighted by atomic mass is 10.0. The summed E-state index contributed by atoms with van der Waals surface area (Å²) in [6, 6.07) is 1.10. The number of hydrogen-bond acceptors (Lipinski definition) is 1. The van der Waals surface area contributed by atoms with Gasteiger partial charge in [-0.3, -0.25) is 0 Å². The van der Waals surface area contributed by atoms with Crippen LogP contribution in [0.1, 0.15) is 59.3 Å². The van der Waals surface area contributed by atoms with E-state index in [-0.39, 0.29) is 0 Å². The van der Waals surface area contributed by atoms with Gasteiger partial charge in [0.1, 0.15) is 0 Å². The highest BCUT2D eigenvalue weighted by Crippen LogP contribution is 2.17. The van der Waals surface area contributed by atoms with Crippen LogP contribution >= 0.6 is 12.2 Å². The summed E-state index contributed by atoms with van der Waals surface area (Å²) in [7, 11) is 0. The molecule has 0 aromatic rings. The van der Waals surface area contributed by atoms with Crippen LogP contribution in [-0.4, -0.2) is 17.2 Å². The van der Waals surface area contributed by atoms with Crippen molar-refractivity contribution in [3.05, 3.63) is 0 Å². The molecule has 0 aliphatic heterocycles. The minimum Gasteiger partial charge on any atom is -0.360 e. The van der Waals surface area contributed by atoms with Crippen molar-refractivity contribution >= 4 is 17.3 Å². The molecule has 1 saturated carbocycles. The normalized spacial score (nSPS) is 20.4. The monoisotopic (exact) mass is 242 g/mol. The highest BCUT2D eigenvalue weighted by molar-refractivity contribution is 7.80. The van der Waals surface area contributed by atoms with E-state index < -0.39 is 0 Å². The van der Waals surface area contributed by atoms with E-state index in [0.29, 0.717) is 12.1 Å². The summed E-state index contributed by atoms with van der Waals surface area (Å²) in [6.07, 6.45) is 7.70. The molecule has 3 heteroatoms. The molecule has 2 atom stereocenters. The molecule has 2 N–H and O–H groups in total. The predicted octanol–water partition coefficient (Wildman–Crippen LogP) is 3.22. The van der Waals surface area contributed by atoms with Crippen LogP contribution in [0.3, 0.4) is 0 Å². The third-order valence-electron chi connectivity index (χ3n) is 3.52. The van der Waals surface area contributed by atoms with Crippen molar-refractivity contribution in [1.82, 2.24) is 10.6 Å². The van der Waals surface area contributed by atoms with E-state index in [2.05, 4.69) is 31.4 Å². The summed E-state index contributed by atoms with van der Waals surface area (Å²) >= 11 is 5.33. The number of hydrogen-bond donors (Lipinski definition) is 2. The fraction of sp³-hybridized carbons (Fsp3) is 0.923. The molecule has 2 unspecified atom stereocenters. The van der Waals surface area contributed by atoms with Crippen LogP contribution in [0.5, 0.6) is 0 Å². The Kier molecular flexibility index (Phi) is 6.10. The molecule has 1 rings (SSSR count). The molecule has 0 aromatic heterocycles. The Labute approximate surface area is 106 Å². The van der Waals surface area contributed by atoms with Gasteiger partial charge in [-0.05, 0) is 44.3 Å². The van der Waals surface area contributed by atoms with Crippen molar-refractivity contribution in [1.29, 1.82) is 0 Å². The Balaban J connectivity index is 2.17. The molecule has 0 aromatic carbocycles. The molecule has 0 bridgehead atoms. The zero-order chi connectivity index (χ0) is 12.0. The quantitative estimate of drug-likeness (QED) is 0.724. The van der Waals surface area contributed by atoms with Gasteiger partial charge in [-0.25, -0.2) is 0 Å². The van der Waals surface area contributed by atoms with Gasteiger partial charge in [0.15, 0.2) is 5.11 Å². The van der Waals surface area contributed by atoms with Gasteiger partial charge in [-0.2, -0.15) is 0 Å². The molecule has 0 amide bonds. The van der Waals surface area contributed by atoms with Crippen LogP contribution in [-0.2, 0) is 0 Å². The third kappa shape index (κ3) is 5.15. The van der Waals surface area contributed by atoms with Crippen molar-refractivity contribution in [2.24, 2.45) is 5.92 Å². The minimum atomic E-state index is 0.483. The van der Waals surface area contributed by atoms with E-state index in [0.717, 1.165) is 11.0 Å². The second-order valence-corrected chi connectivity index (χ2v) is 5.66. The maximum atomic E-state index is 5.33. The first-order chi connectivity index (χ1) is 7.61. The van der Waals surface area contributed by atoms with Gasteiger partial charge in [0.05, 0.1) is 0 Å². The lowest BCUT2D eigenvalue weighted by Crippen LogP contribution is -2.44. The fourth-order valence-corrected chi connectivity index (χ4v) is 2.72. The van der Waals surface area contributed by atoms with Crippen LogP contribution < -0.4 is 10.6 Å². The number of nitrogens with one attached hydrogen (secondary N) is 2. The van der Waals surface area contributed by atoms with Crippen molar-refractivity contribution in [3.63, 3.8) is 0 Å². The van der Waals surface area contributed by atoms with Crippen LogP contribution in [0.2, 0.25) is 0 Å². The molecule has 16 heavy (non-hydrogen) atoms. The van der Waals surface area contributed by atoms with Crippen molar-refractivity contribution in [2.75, 3.05) is 0 Å². The van der Waals surface area contributed by atoms with E-state index in [9.17, 15) is 0 Å². The zero-order valence-corrected chi connectivity index (χ0v) is 11.7. The van der Waals surface area contributed by atoms with Crippen LogP contribution in [0, 0.1) is 5.92 Å². The SMILES string of the molecule is CCC(C)CC(C)NC(=S)NC1CCCC1. The van der Waals surface area contributed by atoms with Crippen molar-refractivity contribution < 1.29 is 0 Å². The van der Waals surface area contributed by atoms with Gasteiger partial charge < -0.3 is 10.6 Å². The molecule has 94 valence electrons. The van der Waals surface area contributed by atoms with E-state index in [4.69, 9.17) is 12.2 Å². The Morgan fingerprint density at radius 2 is 1.94 bits per heavy atom. The summed E-state index contributed by atoms with van der Waals surface area (Å²) in [5.74, 6) is 0.775. The Hall–Kier alpha value is -0.310.